The zero-order valence-electron chi connectivity index (χ0n) is 20.0. The summed E-state index contributed by atoms with van der Waals surface area (Å²) >= 11 is 2.77. The van der Waals surface area contributed by atoms with E-state index in [1.54, 1.807) is 6.07 Å². The molecule has 0 bridgehead atoms. The Kier molecular flexibility index (Phi) is 6.74. The van der Waals surface area contributed by atoms with Gasteiger partial charge in [0.05, 0.1) is 18.5 Å². The van der Waals surface area contributed by atoms with Gasteiger partial charge < -0.3 is 24.8 Å². The topological polar surface area (TPSA) is 216 Å². The number of nitrogens with zero attached hydrogens (tertiary/aromatic N) is 4. The van der Waals surface area contributed by atoms with Crippen LogP contribution in [0.1, 0.15) is 23.7 Å². The molecular formula is C21H20BrFN7O8P. The smallest absolute Gasteiger partial charge is 0.459 e. The lowest BCUT2D eigenvalue weighted by atomic mass is 9.93. The predicted molar refractivity (Wildman–Crippen MR) is 132 cm³/mol. The number of nitrogen functional groups attached to an aromatic ring is 1. The van der Waals surface area contributed by atoms with Gasteiger partial charge in [-0.3, -0.25) is 24.1 Å². The van der Waals surface area contributed by atoms with Crippen molar-refractivity contribution < 1.29 is 37.4 Å². The minimum Gasteiger partial charge on any atom is -0.461 e. The van der Waals surface area contributed by atoms with Gasteiger partial charge in [-0.05, 0) is 28.1 Å². The molecule has 0 aromatic carbocycles. The first-order valence-corrected chi connectivity index (χ1v) is 13.6. The number of esters is 1. The Hall–Kier alpha value is -3.39. The van der Waals surface area contributed by atoms with Gasteiger partial charge in [-0.2, -0.15) is 5.26 Å². The van der Waals surface area contributed by atoms with Crippen LogP contribution in [0, 0.1) is 11.3 Å². The zero-order chi connectivity index (χ0) is 28.2. The normalized spacial score (nSPS) is 29.9. The molecule has 0 radical (unpaired) electrons. The summed E-state index contributed by atoms with van der Waals surface area (Å²) in [6.45, 7) is 0.487. The fourth-order valence-electron chi connectivity index (χ4n) is 4.29. The van der Waals surface area contributed by atoms with Gasteiger partial charge in [0.25, 0.3) is 5.56 Å². The molecule has 39 heavy (non-hydrogen) atoms. The number of ether oxygens (including phenoxy) is 2. The minimum absolute atomic E-state index is 0.00872. The number of fused-ring (bicyclic) bond motifs is 2. The van der Waals surface area contributed by atoms with Gasteiger partial charge in [-0.1, -0.05) is 0 Å². The first kappa shape index (κ1) is 27.2. The van der Waals surface area contributed by atoms with E-state index in [4.69, 9.17) is 24.3 Å². The standard InChI is InChI=1S/C21H20BrFN7O8P/c1-10(31)35-7-11-4-26-6-14-12(11)5-27-39(34,38-14)36-8-15-17(32)21(22,23)20(9-24,37-15)16-3-2-13-18(33)28-19(25)29-30(13)16/h2-4,6,15,17,32H,5,7-8H2,1H3,(H,27,34)(H3,25,28,29,33)/t15-,17?,20+,21-,39?/m1/s1. The van der Waals surface area contributed by atoms with E-state index in [0.29, 0.717) is 11.1 Å². The molecule has 3 aromatic rings. The maximum Gasteiger partial charge on any atom is 0.459 e. The van der Waals surface area contributed by atoms with Gasteiger partial charge in [-0.25, -0.2) is 18.6 Å². The largest absolute Gasteiger partial charge is 0.461 e. The lowest BCUT2D eigenvalue weighted by molar-refractivity contribution is -0.142. The van der Waals surface area contributed by atoms with E-state index in [1.807, 2.05) is 0 Å². The van der Waals surface area contributed by atoms with Crippen molar-refractivity contribution in [3.05, 3.63) is 51.7 Å². The summed E-state index contributed by atoms with van der Waals surface area (Å²) in [4.78, 5) is 29.6. The van der Waals surface area contributed by atoms with E-state index in [2.05, 4.69) is 36.1 Å². The van der Waals surface area contributed by atoms with Crippen LogP contribution in [0.4, 0.5) is 10.3 Å². The third-order valence-corrected chi connectivity index (χ3v) is 8.69. The Labute approximate surface area is 226 Å². The van der Waals surface area contributed by atoms with Crippen LogP contribution in [0.5, 0.6) is 5.75 Å². The number of hydrogen-bond acceptors (Lipinski definition) is 12. The lowest BCUT2D eigenvalue weighted by Gasteiger charge is -2.29. The number of rotatable bonds is 6. The number of alkyl halides is 2. The van der Waals surface area contributed by atoms with Crippen LogP contribution in [0.25, 0.3) is 5.52 Å². The van der Waals surface area contributed by atoms with Gasteiger partial charge in [0.1, 0.15) is 30.4 Å². The summed E-state index contributed by atoms with van der Waals surface area (Å²) in [6, 6.07) is 4.23. The van der Waals surface area contributed by atoms with Crippen LogP contribution in [0.15, 0.2) is 29.3 Å². The first-order chi connectivity index (χ1) is 18.4. The molecule has 206 valence electrons. The number of pyridine rings is 1. The quantitative estimate of drug-likeness (QED) is 0.170. The minimum atomic E-state index is -4.08. The highest BCUT2D eigenvalue weighted by atomic mass is 79.9. The van der Waals surface area contributed by atoms with E-state index in [1.165, 1.54) is 31.5 Å². The number of aromatic nitrogens is 4. The summed E-state index contributed by atoms with van der Waals surface area (Å²) in [5, 5.41) is 27.4. The average molecular weight is 628 g/mol. The fraction of sp³-hybridized carbons (Fsp3) is 0.381. The number of aliphatic hydroxyl groups is 1. The van der Waals surface area contributed by atoms with Gasteiger partial charge >= 0.3 is 13.7 Å². The predicted octanol–water partition coefficient (Wildman–Crippen LogP) is 0.909. The number of nitriles is 1. The van der Waals surface area contributed by atoms with Crippen LogP contribution >= 0.6 is 23.7 Å². The fourth-order valence-corrected chi connectivity index (χ4v) is 6.29. The molecule has 0 spiro atoms. The molecule has 5 heterocycles. The third kappa shape index (κ3) is 4.48. The number of H-pyrrole nitrogens is 1. The molecule has 1 saturated heterocycles. The summed E-state index contributed by atoms with van der Waals surface area (Å²) in [5.41, 5.74) is 3.19. The lowest BCUT2D eigenvalue weighted by Crippen LogP contribution is -2.46. The van der Waals surface area contributed by atoms with Gasteiger partial charge in [0.2, 0.25) is 16.1 Å². The molecule has 0 saturated carbocycles. The molecule has 2 unspecified atom stereocenters. The Bertz CT molecular complexity index is 1620. The highest BCUT2D eigenvalue weighted by Gasteiger charge is 2.69. The number of nitrogens with two attached hydrogens (primary N) is 1. The Balaban J connectivity index is 1.38. The second kappa shape index (κ2) is 9.66. The summed E-state index contributed by atoms with van der Waals surface area (Å²) in [6.07, 6.45) is -0.784. The zero-order valence-corrected chi connectivity index (χ0v) is 22.4. The Morgan fingerprint density at radius 2 is 2.26 bits per heavy atom. The Morgan fingerprint density at radius 1 is 1.49 bits per heavy atom. The molecule has 5 N–H and O–H groups in total. The molecule has 5 rings (SSSR count). The van der Waals surface area contributed by atoms with Crippen molar-refractivity contribution in [2.24, 2.45) is 0 Å². The molecule has 5 atom stereocenters. The molecule has 1 fully saturated rings. The maximum atomic E-state index is 16.0. The van der Waals surface area contributed by atoms with Crippen molar-refractivity contribution in [1.29, 1.82) is 5.26 Å². The number of nitrogens with one attached hydrogen (secondary N) is 2. The van der Waals surface area contributed by atoms with Crippen LogP contribution in [-0.2, 0) is 42.1 Å². The monoisotopic (exact) mass is 627 g/mol. The van der Waals surface area contributed by atoms with E-state index in [0.717, 1.165) is 4.52 Å². The van der Waals surface area contributed by atoms with Crippen molar-refractivity contribution in [3.8, 4) is 11.8 Å². The summed E-state index contributed by atoms with van der Waals surface area (Å²) < 4.78 is 48.9. The van der Waals surface area contributed by atoms with Crippen molar-refractivity contribution in [3.63, 3.8) is 0 Å². The Morgan fingerprint density at radius 3 is 2.97 bits per heavy atom. The van der Waals surface area contributed by atoms with E-state index in [-0.39, 0.29) is 36.1 Å². The number of halogens is 2. The molecule has 2 aliphatic heterocycles. The van der Waals surface area contributed by atoms with Crippen LogP contribution < -0.4 is 20.9 Å². The molecule has 3 aromatic heterocycles. The SMILES string of the molecule is CC(=O)OCc1cncc2c1CNP(=O)(OC[C@H]1O[C@@](C#N)(c3ccc4c(=O)[nH]c(N)nn34)[C@@](F)(Br)C1O)O2. The second-order valence-corrected chi connectivity index (χ2v) is 11.6. The number of aliphatic hydroxyl groups excluding tert-OH is 1. The molecule has 0 aliphatic carbocycles. The number of hydrogen-bond donors (Lipinski definition) is 4. The van der Waals surface area contributed by atoms with E-state index in [9.17, 15) is 24.5 Å². The molecular weight excluding hydrogens is 608 g/mol. The summed E-state index contributed by atoms with van der Waals surface area (Å²) in [5.74, 6) is -0.695. The molecule has 2 aliphatic rings. The molecule has 0 amide bonds. The van der Waals surface area contributed by atoms with Crippen molar-refractivity contribution >= 4 is 41.1 Å². The number of aromatic amines is 1. The van der Waals surface area contributed by atoms with Crippen LogP contribution in [0.3, 0.4) is 0 Å². The molecule has 18 heteroatoms. The number of anilines is 1. The second-order valence-electron chi connectivity index (χ2n) is 8.65. The van der Waals surface area contributed by atoms with Gasteiger partial charge in [0.15, 0.2) is 5.75 Å². The number of carbonyl (C=O) groups is 1. The average Bonchev–Trinajstić information content (AvgIpc) is 3.39. The van der Waals surface area contributed by atoms with Crippen molar-refractivity contribution in [2.75, 3.05) is 12.3 Å². The summed E-state index contributed by atoms with van der Waals surface area (Å²) in [7, 11) is -4.08. The van der Waals surface area contributed by atoms with Gasteiger partial charge in [0, 0.05) is 30.8 Å². The third-order valence-electron chi connectivity index (χ3n) is 6.19. The highest BCUT2D eigenvalue weighted by Crippen LogP contribution is 2.55. The van der Waals surface area contributed by atoms with Crippen molar-refractivity contribution in [2.45, 2.75) is 42.5 Å². The number of carbonyl (C=O) groups excluding carboxylic acids is 1. The van der Waals surface area contributed by atoms with Crippen LogP contribution in [-0.4, -0.2) is 54.1 Å². The maximum absolute atomic E-state index is 16.0. The van der Waals surface area contributed by atoms with E-state index < -0.39 is 48.3 Å². The van der Waals surface area contributed by atoms with E-state index >= 15 is 4.39 Å². The highest BCUT2D eigenvalue weighted by molar-refractivity contribution is 9.10. The van der Waals surface area contributed by atoms with Gasteiger partial charge in [-0.15, -0.1) is 5.10 Å². The first-order valence-electron chi connectivity index (χ1n) is 11.2. The molecule has 15 nitrogen and oxygen atoms in total. The van der Waals surface area contributed by atoms with Crippen molar-refractivity contribution in [1.82, 2.24) is 24.7 Å². The van der Waals surface area contributed by atoms with Crippen LogP contribution in [0.2, 0.25) is 0 Å².